The first-order valence-corrected chi connectivity index (χ1v) is 4.91. The fraction of sp³-hybridized carbons (Fsp3) is 0. The molecule has 2 aromatic rings. The van der Waals surface area contributed by atoms with Gasteiger partial charge in [0.1, 0.15) is 5.82 Å². The van der Waals surface area contributed by atoms with Crippen molar-refractivity contribution in [3.05, 3.63) is 59.4 Å². The molecular weight excluding hydrogens is 223 g/mol. The summed E-state index contributed by atoms with van der Waals surface area (Å²) in [6, 6.07) is 9.78. The van der Waals surface area contributed by atoms with E-state index in [1.165, 1.54) is 0 Å². The van der Waals surface area contributed by atoms with Crippen molar-refractivity contribution in [2.45, 2.75) is 0 Å². The first-order chi connectivity index (χ1) is 8.09. The Morgan fingerprint density at radius 1 is 1.00 bits per heavy atom. The van der Waals surface area contributed by atoms with Crippen LogP contribution in [0.1, 0.15) is 15.9 Å². The van der Waals surface area contributed by atoms with Gasteiger partial charge in [-0.2, -0.15) is 0 Å². The molecule has 3 nitrogen and oxygen atoms in total. The van der Waals surface area contributed by atoms with E-state index in [1.54, 1.807) is 30.3 Å². The largest absolute Gasteiger partial charge is 0.504 e. The van der Waals surface area contributed by atoms with Crippen LogP contribution in [0, 0.1) is 5.82 Å². The number of carbonyl (C=O) groups excluding carboxylic acids is 1. The molecule has 0 amide bonds. The fourth-order valence-corrected chi connectivity index (χ4v) is 1.47. The molecule has 2 N–H and O–H groups in total. The van der Waals surface area contributed by atoms with E-state index in [1.807, 2.05) is 0 Å². The van der Waals surface area contributed by atoms with Crippen LogP contribution >= 0.6 is 0 Å². The molecule has 2 aromatic carbocycles. The minimum absolute atomic E-state index is 0.272. The topological polar surface area (TPSA) is 57.5 Å². The summed E-state index contributed by atoms with van der Waals surface area (Å²) in [5, 5.41) is 18.3. The summed E-state index contributed by atoms with van der Waals surface area (Å²) >= 11 is 0. The predicted molar refractivity (Wildman–Crippen MR) is 59.6 cm³/mol. The minimum atomic E-state index is -0.867. The number of carbonyl (C=O) groups is 1. The quantitative estimate of drug-likeness (QED) is 0.617. The summed E-state index contributed by atoms with van der Waals surface area (Å²) in [5.41, 5.74) is 0.0444. The van der Waals surface area contributed by atoms with Crippen LogP contribution in [0.25, 0.3) is 0 Å². The van der Waals surface area contributed by atoms with Crippen molar-refractivity contribution in [1.82, 2.24) is 0 Å². The number of ketones is 1. The smallest absolute Gasteiger partial charge is 0.196 e. The first kappa shape index (κ1) is 11.1. The van der Waals surface area contributed by atoms with Crippen molar-refractivity contribution in [2.24, 2.45) is 0 Å². The average molecular weight is 232 g/mol. The van der Waals surface area contributed by atoms with Crippen molar-refractivity contribution in [3.63, 3.8) is 0 Å². The zero-order valence-corrected chi connectivity index (χ0v) is 8.72. The van der Waals surface area contributed by atoms with E-state index in [0.29, 0.717) is 11.6 Å². The lowest BCUT2D eigenvalue weighted by Gasteiger charge is -2.04. The first-order valence-electron chi connectivity index (χ1n) is 4.91. The molecule has 0 bridgehead atoms. The molecule has 0 radical (unpaired) electrons. The van der Waals surface area contributed by atoms with Gasteiger partial charge in [-0.1, -0.05) is 30.3 Å². The lowest BCUT2D eigenvalue weighted by Crippen LogP contribution is -2.03. The molecule has 0 saturated carbocycles. The Kier molecular flexibility index (Phi) is 2.78. The maximum absolute atomic E-state index is 13.5. The third-order valence-corrected chi connectivity index (χ3v) is 2.34. The molecule has 0 saturated heterocycles. The van der Waals surface area contributed by atoms with Crippen LogP contribution in [0.5, 0.6) is 11.5 Å². The number of hydrogen-bond donors (Lipinski definition) is 2. The second-order valence-electron chi connectivity index (χ2n) is 3.52. The third-order valence-electron chi connectivity index (χ3n) is 2.34. The van der Waals surface area contributed by atoms with Gasteiger partial charge in [0.25, 0.3) is 0 Å². The van der Waals surface area contributed by atoms with Crippen LogP contribution in [-0.4, -0.2) is 16.0 Å². The number of phenolic OH excluding ortho intramolecular Hbond substituents is 2. The zero-order valence-electron chi connectivity index (χ0n) is 8.72. The van der Waals surface area contributed by atoms with Gasteiger partial charge in [0.15, 0.2) is 17.3 Å². The van der Waals surface area contributed by atoms with Crippen LogP contribution < -0.4 is 0 Å². The van der Waals surface area contributed by atoms with Crippen LogP contribution in [0.2, 0.25) is 0 Å². The number of phenols is 2. The number of halogens is 1. The Morgan fingerprint density at radius 3 is 2.24 bits per heavy atom. The molecule has 0 spiro atoms. The maximum Gasteiger partial charge on any atom is 0.196 e. The zero-order chi connectivity index (χ0) is 12.4. The maximum atomic E-state index is 13.5. The molecule has 2 rings (SSSR count). The van der Waals surface area contributed by atoms with E-state index in [-0.39, 0.29) is 5.56 Å². The molecule has 0 aromatic heterocycles. The summed E-state index contributed by atoms with van der Waals surface area (Å²) in [7, 11) is 0. The van der Waals surface area contributed by atoms with E-state index >= 15 is 0 Å². The highest BCUT2D eigenvalue weighted by atomic mass is 19.1. The highest BCUT2D eigenvalue weighted by Crippen LogP contribution is 2.28. The van der Waals surface area contributed by atoms with Crippen molar-refractivity contribution in [2.75, 3.05) is 0 Å². The van der Waals surface area contributed by atoms with Gasteiger partial charge < -0.3 is 10.2 Å². The van der Waals surface area contributed by atoms with Crippen LogP contribution in [0.3, 0.4) is 0 Å². The molecule has 0 unspecified atom stereocenters. The molecule has 17 heavy (non-hydrogen) atoms. The monoisotopic (exact) mass is 232 g/mol. The minimum Gasteiger partial charge on any atom is -0.504 e. The molecule has 0 atom stereocenters. The molecular formula is C13H9FO3. The van der Waals surface area contributed by atoms with Crippen LogP contribution in [0.15, 0.2) is 42.5 Å². The Hall–Kier alpha value is -2.36. The van der Waals surface area contributed by atoms with E-state index in [0.717, 1.165) is 6.07 Å². The number of benzene rings is 2. The lowest BCUT2D eigenvalue weighted by molar-refractivity contribution is 0.103. The van der Waals surface area contributed by atoms with Gasteiger partial charge in [-0.25, -0.2) is 4.39 Å². The Morgan fingerprint density at radius 2 is 1.59 bits per heavy atom. The van der Waals surface area contributed by atoms with Crippen molar-refractivity contribution in [3.8, 4) is 11.5 Å². The normalized spacial score (nSPS) is 10.2. The molecule has 0 aliphatic carbocycles. The van der Waals surface area contributed by atoms with Gasteiger partial charge in [-0.05, 0) is 6.07 Å². The highest BCUT2D eigenvalue weighted by Gasteiger charge is 2.16. The Labute approximate surface area is 96.8 Å². The molecule has 4 heteroatoms. The second kappa shape index (κ2) is 4.25. The van der Waals surface area contributed by atoms with Crippen molar-refractivity contribution < 1.29 is 19.4 Å². The van der Waals surface area contributed by atoms with Crippen molar-refractivity contribution >= 4 is 5.78 Å². The van der Waals surface area contributed by atoms with E-state index in [9.17, 15) is 14.3 Å². The fourth-order valence-electron chi connectivity index (χ4n) is 1.47. The second-order valence-corrected chi connectivity index (χ2v) is 3.52. The standard InChI is InChI=1S/C13H9FO3/c14-10-7-12(16)11(15)6-9(10)13(17)8-4-2-1-3-5-8/h1-7,15-16H. The van der Waals surface area contributed by atoms with Crippen LogP contribution in [0.4, 0.5) is 4.39 Å². The molecule has 0 heterocycles. The Bertz CT molecular complexity index is 564. The molecule has 0 aliphatic heterocycles. The summed E-state index contributed by atoms with van der Waals surface area (Å²) in [6.45, 7) is 0. The summed E-state index contributed by atoms with van der Waals surface area (Å²) in [6.07, 6.45) is 0. The molecule has 86 valence electrons. The SMILES string of the molecule is O=C(c1ccccc1)c1cc(O)c(O)cc1F. The molecule has 0 fully saturated rings. The van der Waals surface area contributed by atoms with Crippen molar-refractivity contribution in [1.29, 1.82) is 0 Å². The Balaban J connectivity index is 2.48. The molecule has 0 aliphatic rings. The number of hydrogen-bond acceptors (Lipinski definition) is 3. The van der Waals surface area contributed by atoms with Gasteiger partial charge in [0, 0.05) is 11.6 Å². The highest BCUT2D eigenvalue weighted by molar-refractivity contribution is 6.09. The van der Waals surface area contributed by atoms with Gasteiger partial charge in [-0.15, -0.1) is 0 Å². The van der Waals surface area contributed by atoms with Gasteiger partial charge in [0.2, 0.25) is 0 Å². The van der Waals surface area contributed by atoms with E-state index in [2.05, 4.69) is 0 Å². The summed E-state index contributed by atoms with van der Waals surface area (Å²) in [5.74, 6) is -2.52. The number of rotatable bonds is 2. The van der Waals surface area contributed by atoms with Gasteiger partial charge in [-0.3, -0.25) is 4.79 Å². The van der Waals surface area contributed by atoms with Crippen LogP contribution in [-0.2, 0) is 0 Å². The predicted octanol–water partition coefficient (Wildman–Crippen LogP) is 2.47. The number of aromatic hydroxyl groups is 2. The summed E-state index contributed by atoms with van der Waals surface area (Å²) < 4.78 is 13.5. The van der Waals surface area contributed by atoms with E-state index in [4.69, 9.17) is 5.11 Å². The third kappa shape index (κ3) is 2.10. The average Bonchev–Trinajstić information content (AvgIpc) is 2.34. The van der Waals surface area contributed by atoms with E-state index < -0.39 is 23.1 Å². The summed E-state index contributed by atoms with van der Waals surface area (Å²) in [4.78, 5) is 11.9. The van der Waals surface area contributed by atoms with Gasteiger partial charge >= 0.3 is 0 Å². The van der Waals surface area contributed by atoms with Gasteiger partial charge in [0.05, 0.1) is 5.56 Å². The lowest BCUT2D eigenvalue weighted by atomic mass is 10.0.